The number of halogens is 6. The number of rotatable bonds is 4. The quantitative estimate of drug-likeness (QED) is 0.601. The van der Waals surface area contributed by atoms with Gasteiger partial charge in [0.2, 0.25) is 0 Å². The van der Waals surface area contributed by atoms with Crippen molar-refractivity contribution >= 4 is 5.97 Å². The second-order valence-corrected chi connectivity index (χ2v) is 2.68. The van der Waals surface area contributed by atoms with Gasteiger partial charge in [-0.15, -0.1) is 0 Å². The fraction of sp³-hybridized carbons (Fsp3) is 0.571. The molecule has 0 saturated carbocycles. The minimum absolute atomic E-state index is 0.595. The Morgan fingerprint density at radius 3 is 1.93 bits per heavy atom. The van der Waals surface area contributed by atoms with Gasteiger partial charge < -0.3 is 5.11 Å². The van der Waals surface area contributed by atoms with Crippen LogP contribution < -0.4 is 0 Å². The predicted octanol–water partition coefficient (Wildman–Crippen LogP) is 2.55. The van der Waals surface area contributed by atoms with E-state index in [1.807, 2.05) is 0 Å². The number of allylic oxidation sites excluding steroid dienone is 1. The Bertz CT molecular complexity index is 283. The molecule has 0 radical (unpaired) electrons. The summed E-state index contributed by atoms with van der Waals surface area (Å²) in [7, 11) is 0. The van der Waals surface area contributed by atoms with Crippen molar-refractivity contribution < 1.29 is 36.2 Å². The zero-order valence-corrected chi connectivity index (χ0v) is 7.28. The highest BCUT2D eigenvalue weighted by molar-refractivity contribution is 5.86. The van der Waals surface area contributed by atoms with Crippen LogP contribution in [0.3, 0.4) is 0 Å². The van der Waals surface area contributed by atoms with Gasteiger partial charge >= 0.3 is 24.2 Å². The Morgan fingerprint density at radius 1 is 1.27 bits per heavy atom. The van der Waals surface area contributed by atoms with Gasteiger partial charge in [0.25, 0.3) is 0 Å². The van der Waals surface area contributed by atoms with Crippen LogP contribution in [0.5, 0.6) is 0 Å². The van der Waals surface area contributed by atoms with Gasteiger partial charge in [-0.1, -0.05) is 0 Å². The lowest BCUT2D eigenvalue weighted by Gasteiger charge is -2.23. The molecule has 0 fully saturated rings. The molecule has 1 N–H and O–H groups in total. The monoisotopic (exact) mass is 236 g/mol. The zero-order valence-electron chi connectivity index (χ0n) is 7.28. The average Bonchev–Trinajstić information content (AvgIpc) is 2.02. The summed E-state index contributed by atoms with van der Waals surface area (Å²) in [5, 5.41) is 8.12. The van der Waals surface area contributed by atoms with Crippen molar-refractivity contribution in [3.05, 3.63) is 11.6 Å². The van der Waals surface area contributed by atoms with E-state index in [0.717, 1.165) is 0 Å². The smallest absolute Gasteiger partial charge is 0.372 e. The molecule has 0 aliphatic heterocycles. The van der Waals surface area contributed by atoms with E-state index in [4.69, 9.17) is 5.11 Å². The van der Waals surface area contributed by atoms with E-state index < -0.39 is 35.9 Å². The highest BCUT2D eigenvalue weighted by Gasteiger charge is 2.61. The molecule has 0 bridgehead atoms. The maximum Gasteiger partial charge on any atom is 0.372 e. The van der Waals surface area contributed by atoms with Crippen molar-refractivity contribution in [3.63, 3.8) is 0 Å². The Labute approximate surface area is 80.2 Å². The fourth-order valence-electron chi connectivity index (χ4n) is 0.575. The van der Waals surface area contributed by atoms with E-state index in [9.17, 15) is 31.1 Å². The molecule has 15 heavy (non-hydrogen) atoms. The molecule has 88 valence electrons. The number of alkyl halides is 6. The first-order valence-electron chi connectivity index (χ1n) is 3.49. The largest absolute Gasteiger partial charge is 0.478 e. The van der Waals surface area contributed by atoms with Crippen LogP contribution in [0.2, 0.25) is 0 Å². The molecule has 0 aliphatic rings. The van der Waals surface area contributed by atoms with Gasteiger partial charge in [0.05, 0.1) is 0 Å². The second-order valence-electron chi connectivity index (χ2n) is 2.68. The maximum absolute atomic E-state index is 12.5. The summed E-state index contributed by atoms with van der Waals surface area (Å²) in [4.78, 5) is 10.0. The van der Waals surface area contributed by atoms with Gasteiger partial charge in [0.1, 0.15) is 0 Å². The molecule has 0 aliphatic carbocycles. The number of aliphatic carboxylic acids is 1. The third-order valence-electron chi connectivity index (χ3n) is 1.45. The van der Waals surface area contributed by atoms with Gasteiger partial charge in [0.15, 0.2) is 0 Å². The van der Waals surface area contributed by atoms with E-state index in [1.54, 1.807) is 0 Å². The topological polar surface area (TPSA) is 37.3 Å². The molecule has 0 aromatic rings. The van der Waals surface area contributed by atoms with Crippen molar-refractivity contribution in [2.75, 3.05) is 0 Å². The number of carbonyl (C=O) groups is 1. The molecule has 0 unspecified atom stereocenters. The molecular weight excluding hydrogens is 230 g/mol. The summed E-state index contributed by atoms with van der Waals surface area (Å²) in [6, 6.07) is 0. The maximum atomic E-state index is 12.5. The molecular formula is C7H6F6O2. The average molecular weight is 236 g/mol. The Kier molecular flexibility index (Phi) is 3.78. The van der Waals surface area contributed by atoms with Gasteiger partial charge in [-0.2, -0.15) is 17.6 Å². The fourth-order valence-corrected chi connectivity index (χ4v) is 0.575. The molecule has 2 nitrogen and oxygen atoms in total. The first-order valence-corrected chi connectivity index (χ1v) is 3.49. The van der Waals surface area contributed by atoms with Gasteiger partial charge in [-0.25, -0.2) is 13.6 Å². The van der Waals surface area contributed by atoms with Crippen molar-refractivity contribution in [2.24, 2.45) is 0 Å². The molecule has 0 atom stereocenters. The summed E-state index contributed by atoms with van der Waals surface area (Å²) in [6.07, 6.45) is -5.27. The summed E-state index contributed by atoms with van der Waals surface area (Å²) >= 11 is 0. The number of hydrogen-bond donors (Lipinski definition) is 1. The normalized spacial score (nSPS) is 14.5. The van der Waals surface area contributed by atoms with Crippen molar-refractivity contribution in [1.82, 2.24) is 0 Å². The van der Waals surface area contributed by atoms with Crippen LogP contribution in [0, 0.1) is 0 Å². The summed E-state index contributed by atoms with van der Waals surface area (Å²) in [6.45, 7) is 0.595. The molecule has 0 saturated heterocycles. The van der Waals surface area contributed by atoms with E-state index in [-0.39, 0.29) is 0 Å². The summed E-state index contributed by atoms with van der Waals surface area (Å²) in [5.41, 5.74) is -1.14. The third kappa shape index (κ3) is 2.87. The molecule has 0 heterocycles. The van der Waals surface area contributed by atoms with Crippen LogP contribution in [0.4, 0.5) is 26.3 Å². The zero-order chi connectivity index (χ0) is 12.4. The minimum atomic E-state index is -5.59. The first-order chi connectivity index (χ1) is 6.52. The van der Waals surface area contributed by atoms with E-state index in [2.05, 4.69) is 0 Å². The first kappa shape index (κ1) is 13.8. The summed E-state index contributed by atoms with van der Waals surface area (Å²) < 4.78 is 72.5. The van der Waals surface area contributed by atoms with Crippen LogP contribution in [0.1, 0.15) is 6.92 Å². The van der Waals surface area contributed by atoms with E-state index >= 15 is 0 Å². The van der Waals surface area contributed by atoms with Crippen LogP contribution in [-0.4, -0.2) is 29.3 Å². The van der Waals surface area contributed by atoms with Gasteiger partial charge in [0, 0.05) is 11.6 Å². The summed E-state index contributed by atoms with van der Waals surface area (Å²) in [5.74, 6) is -12.7. The van der Waals surface area contributed by atoms with Gasteiger partial charge in [-0.3, -0.25) is 0 Å². The van der Waals surface area contributed by atoms with E-state index in [1.165, 1.54) is 0 Å². The molecule has 0 spiro atoms. The Morgan fingerprint density at radius 2 is 1.67 bits per heavy atom. The number of hydrogen-bond acceptors (Lipinski definition) is 1. The van der Waals surface area contributed by atoms with Gasteiger partial charge in [-0.05, 0) is 6.92 Å². The van der Waals surface area contributed by atoms with Crippen molar-refractivity contribution in [2.45, 2.75) is 25.2 Å². The van der Waals surface area contributed by atoms with Crippen molar-refractivity contribution in [1.29, 1.82) is 0 Å². The third-order valence-corrected chi connectivity index (χ3v) is 1.45. The number of carboxylic acid groups (broad SMARTS) is 1. The lowest BCUT2D eigenvalue weighted by atomic mass is 10.1. The Balaban J connectivity index is 5.15. The SMILES string of the molecule is CC(=CC(F)(F)C(F)(F)C(F)F)C(=O)O. The molecule has 0 aromatic carbocycles. The van der Waals surface area contributed by atoms with Crippen molar-refractivity contribution in [3.8, 4) is 0 Å². The molecule has 8 heteroatoms. The molecule has 0 amide bonds. The standard InChI is InChI=1S/C7H6F6O2/c1-3(4(14)15)2-6(10,11)7(12,13)5(8)9/h2,5H,1H3,(H,14,15). The van der Waals surface area contributed by atoms with Crippen LogP contribution in [0.15, 0.2) is 11.6 Å². The van der Waals surface area contributed by atoms with Crippen LogP contribution in [-0.2, 0) is 4.79 Å². The lowest BCUT2D eigenvalue weighted by Crippen LogP contribution is -2.45. The van der Waals surface area contributed by atoms with Crippen LogP contribution in [0.25, 0.3) is 0 Å². The Hall–Kier alpha value is -1.21. The second kappa shape index (κ2) is 4.11. The highest BCUT2D eigenvalue weighted by Crippen LogP contribution is 2.40. The number of carboxylic acids is 1. The highest BCUT2D eigenvalue weighted by atomic mass is 19.3. The molecule has 0 aromatic heterocycles. The predicted molar refractivity (Wildman–Crippen MR) is 37.3 cm³/mol. The van der Waals surface area contributed by atoms with Crippen LogP contribution >= 0.6 is 0 Å². The van der Waals surface area contributed by atoms with E-state index in [0.29, 0.717) is 6.92 Å². The lowest BCUT2D eigenvalue weighted by molar-refractivity contribution is -0.242. The minimum Gasteiger partial charge on any atom is -0.478 e. The molecule has 0 rings (SSSR count).